The van der Waals surface area contributed by atoms with Gasteiger partial charge in [0.05, 0.1) is 0 Å². The van der Waals surface area contributed by atoms with Gasteiger partial charge in [-0.25, -0.2) is 0 Å². The lowest BCUT2D eigenvalue weighted by Crippen LogP contribution is -2.51. The number of amides is 2. The smallest absolute Gasteiger partial charge is 0.228 e. The Morgan fingerprint density at radius 1 is 1.29 bits per heavy atom. The highest BCUT2D eigenvalue weighted by atomic mass is 16.2. The van der Waals surface area contributed by atoms with Crippen LogP contribution in [0.25, 0.3) is 0 Å². The summed E-state index contributed by atoms with van der Waals surface area (Å²) in [6.45, 7) is 3.51. The zero-order valence-electron chi connectivity index (χ0n) is 10.6. The van der Waals surface area contributed by atoms with Gasteiger partial charge in [-0.15, -0.1) is 0 Å². The first-order valence-electron chi connectivity index (χ1n) is 6.68. The average Bonchev–Trinajstić information content (AvgIpc) is 2.28. The molecular weight excluding hydrogens is 216 g/mol. The molecule has 96 valence electrons. The Balaban J connectivity index is 1.92. The number of hydrogen-bond donors (Lipinski definition) is 1. The SMILES string of the molecule is CCC1(C(=O)N2CCC(C(N)=O)CC2)CCC1. The molecule has 0 aromatic rings. The van der Waals surface area contributed by atoms with E-state index in [1.54, 1.807) is 0 Å². The van der Waals surface area contributed by atoms with E-state index in [2.05, 4.69) is 6.92 Å². The van der Waals surface area contributed by atoms with Crippen molar-refractivity contribution in [1.29, 1.82) is 0 Å². The molecule has 4 nitrogen and oxygen atoms in total. The van der Waals surface area contributed by atoms with E-state index in [1.807, 2.05) is 4.90 Å². The first kappa shape index (κ1) is 12.4. The van der Waals surface area contributed by atoms with Crippen molar-refractivity contribution in [3.05, 3.63) is 0 Å². The summed E-state index contributed by atoms with van der Waals surface area (Å²) in [6.07, 6.45) is 5.68. The Morgan fingerprint density at radius 3 is 2.24 bits per heavy atom. The van der Waals surface area contributed by atoms with Crippen molar-refractivity contribution in [2.24, 2.45) is 17.1 Å². The Hall–Kier alpha value is -1.06. The summed E-state index contributed by atoms with van der Waals surface area (Å²) in [7, 11) is 0. The molecule has 0 aromatic heterocycles. The zero-order valence-corrected chi connectivity index (χ0v) is 10.6. The minimum atomic E-state index is -0.217. The molecule has 1 aliphatic carbocycles. The van der Waals surface area contributed by atoms with E-state index >= 15 is 0 Å². The highest BCUT2D eigenvalue weighted by Gasteiger charge is 2.45. The third-order valence-corrected chi connectivity index (χ3v) is 4.63. The molecule has 1 heterocycles. The molecule has 2 rings (SSSR count). The Morgan fingerprint density at radius 2 is 1.88 bits per heavy atom. The molecule has 2 aliphatic rings. The highest BCUT2D eigenvalue weighted by Crippen LogP contribution is 2.45. The van der Waals surface area contributed by atoms with Gasteiger partial charge in [-0.2, -0.15) is 0 Å². The maximum Gasteiger partial charge on any atom is 0.228 e. The zero-order chi connectivity index (χ0) is 12.5. The van der Waals surface area contributed by atoms with Gasteiger partial charge in [0, 0.05) is 24.4 Å². The van der Waals surface area contributed by atoms with Gasteiger partial charge >= 0.3 is 0 Å². The summed E-state index contributed by atoms with van der Waals surface area (Å²) < 4.78 is 0. The molecule has 0 atom stereocenters. The molecule has 1 saturated carbocycles. The Labute approximate surface area is 103 Å². The maximum atomic E-state index is 12.4. The summed E-state index contributed by atoms with van der Waals surface area (Å²) in [5, 5.41) is 0. The lowest BCUT2D eigenvalue weighted by molar-refractivity contribution is -0.150. The van der Waals surface area contributed by atoms with Gasteiger partial charge < -0.3 is 10.6 Å². The molecule has 17 heavy (non-hydrogen) atoms. The second-order valence-electron chi connectivity index (χ2n) is 5.46. The van der Waals surface area contributed by atoms with E-state index < -0.39 is 0 Å². The Bertz CT molecular complexity index is 310. The third-order valence-electron chi connectivity index (χ3n) is 4.63. The molecule has 0 spiro atoms. The molecule has 0 bridgehead atoms. The van der Waals surface area contributed by atoms with E-state index in [0.717, 1.165) is 32.1 Å². The van der Waals surface area contributed by atoms with Crippen molar-refractivity contribution in [2.45, 2.75) is 45.4 Å². The summed E-state index contributed by atoms with van der Waals surface area (Å²) in [5.74, 6) is 0.0677. The molecule has 2 N–H and O–H groups in total. The number of piperidine rings is 1. The average molecular weight is 238 g/mol. The third kappa shape index (κ3) is 2.17. The molecule has 0 radical (unpaired) electrons. The van der Waals surface area contributed by atoms with Gasteiger partial charge in [0.1, 0.15) is 0 Å². The minimum absolute atomic E-state index is 0.0296. The van der Waals surface area contributed by atoms with Crippen LogP contribution in [-0.4, -0.2) is 29.8 Å². The lowest BCUT2D eigenvalue weighted by atomic mass is 9.66. The van der Waals surface area contributed by atoms with Crippen LogP contribution in [-0.2, 0) is 9.59 Å². The first-order chi connectivity index (χ1) is 8.09. The van der Waals surface area contributed by atoms with Gasteiger partial charge in [-0.05, 0) is 32.1 Å². The van der Waals surface area contributed by atoms with Gasteiger partial charge in [-0.3, -0.25) is 9.59 Å². The van der Waals surface area contributed by atoms with Gasteiger partial charge in [0.15, 0.2) is 0 Å². The van der Waals surface area contributed by atoms with E-state index in [4.69, 9.17) is 5.73 Å². The standard InChI is InChI=1S/C13H22N2O2/c1-2-13(6-3-7-13)12(17)15-8-4-10(5-9-15)11(14)16/h10H,2-9H2,1H3,(H2,14,16). The fraction of sp³-hybridized carbons (Fsp3) is 0.846. The van der Waals surface area contributed by atoms with Crippen LogP contribution in [0.3, 0.4) is 0 Å². The van der Waals surface area contributed by atoms with Crippen LogP contribution in [0.2, 0.25) is 0 Å². The van der Waals surface area contributed by atoms with E-state index in [9.17, 15) is 9.59 Å². The van der Waals surface area contributed by atoms with Gasteiger partial charge in [0.25, 0.3) is 0 Å². The number of nitrogens with zero attached hydrogens (tertiary/aromatic N) is 1. The van der Waals surface area contributed by atoms with E-state index in [0.29, 0.717) is 19.0 Å². The lowest BCUT2D eigenvalue weighted by Gasteiger charge is -2.44. The molecule has 2 amide bonds. The number of hydrogen-bond acceptors (Lipinski definition) is 2. The Kier molecular flexibility index (Phi) is 3.40. The summed E-state index contributed by atoms with van der Waals surface area (Å²) in [4.78, 5) is 25.4. The van der Waals surface area contributed by atoms with Gasteiger partial charge in [-0.1, -0.05) is 13.3 Å². The number of carbonyl (C=O) groups is 2. The summed E-state index contributed by atoms with van der Waals surface area (Å²) >= 11 is 0. The largest absolute Gasteiger partial charge is 0.369 e. The van der Waals surface area contributed by atoms with Crippen LogP contribution in [0.1, 0.15) is 45.4 Å². The van der Waals surface area contributed by atoms with Crippen molar-refractivity contribution in [1.82, 2.24) is 4.90 Å². The topological polar surface area (TPSA) is 63.4 Å². The predicted octanol–water partition coefficient (Wildman–Crippen LogP) is 1.29. The molecule has 0 unspecified atom stereocenters. The van der Waals surface area contributed by atoms with Gasteiger partial charge in [0.2, 0.25) is 11.8 Å². The number of likely N-dealkylation sites (tertiary alicyclic amines) is 1. The maximum absolute atomic E-state index is 12.4. The number of nitrogens with two attached hydrogens (primary N) is 1. The molecule has 4 heteroatoms. The van der Waals surface area contributed by atoms with Crippen LogP contribution in [0, 0.1) is 11.3 Å². The fourth-order valence-electron chi connectivity index (χ4n) is 3.02. The number of rotatable bonds is 3. The second-order valence-corrected chi connectivity index (χ2v) is 5.46. The molecule has 0 aromatic carbocycles. The van der Waals surface area contributed by atoms with Crippen LogP contribution < -0.4 is 5.73 Å². The van der Waals surface area contributed by atoms with Crippen molar-refractivity contribution >= 4 is 11.8 Å². The van der Waals surface area contributed by atoms with Crippen LogP contribution in [0.5, 0.6) is 0 Å². The quantitative estimate of drug-likeness (QED) is 0.805. The van der Waals surface area contributed by atoms with Crippen molar-refractivity contribution in [3.63, 3.8) is 0 Å². The summed E-state index contributed by atoms with van der Waals surface area (Å²) in [5.41, 5.74) is 5.23. The fourth-order valence-corrected chi connectivity index (χ4v) is 3.02. The monoisotopic (exact) mass is 238 g/mol. The molecule has 2 fully saturated rings. The predicted molar refractivity (Wildman–Crippen MR) is 65.1 cm³/mol. The van der Waals surface area contributed by atoms with Crippen LogP contribution >= 0.6 is 0 Å². The summed E-state index contributed by atoms with van der Waals surface area (Å²) in [6, 6.07) is 0. The van der Waals surface area contributed by atoms with E-state index in [1.165, 1.54) is 6.42 Å². The number of primary amides is 1. The van der Waals surface area contributed by atoms with Crippen molar-refractivity contribution in [3.8, 4) is 0 Å². The first-order valence-corrected chi connectivity index (χ1v) is 6.68. The second kappa shape index (κ2) is 4.67. The van der Waals surface area contributed by atoms with Crippen molar-refractivity contribution in [2.75, 3.05) is 13.1 Å². The minimum Gasteiger partial charge on any atom is -0.369 e. The molecule has 1 aliphatic heterocycles. The molecular formula is C13H22N2O2. The normalized spacial score (nSPS) is 24.2. The highest BCUT2D eigenvalue weighted by molar-refractivity contribution is 5.84. The van der Waals surface area contributed by atoms with Crippen molar-refractivity contribution < 1.29 is 9.59 Å². The van der Waals surface area contributed by atoms with E-state index in [-0.39, 0.29) is 17.2 Å². The number of carbonyl (C=O) groups excluding carboxylic acids is 2. The van der Waals surface area contributed by atoms with Crippen LogP contribution in [0.4, 0.5) is 0 Å². The van der Waals surface area contributed by atoms with Crippen LogP contribution in [0.15, 0.2) is 0 Å². The molecule has 1 saturated heterocycles.